The molecule has 0 aliphatic heterocycles. The average molecular weight is 353 g/mol. The zero-order valence-corrected chi connectivity index (χ0v) is 15.0. The highest BCUT2D eigenvalue weighted by Crippen LogP contribution is 2.29. The molecule has 1 aromatic rings. The number of aryl methyl sites for hydroxylation is 1. The van der Waals surface area contributed by atoms with Crippen molar-refractivity contribution in [2.24, 2.45) is 5.41 Å². The van der Waals surface area contributed by atoms with Crippen LogP contribution in [0, 0.1) is 23.7 Å². The summed E-state index contributed by atoms with van der Waals surface area (Å²) in [6.07, 6.45) is 1.83. The van der Waals surface area contributed by atoms with Crippen LogP contribution >= 0.6 is 15.9 Å². The van der Waals surface area contributed by atoms with Gasteiger partial charge in [0, 0.05) is 16.6 Å². The minimum atomic E-state index is -0.343. The maximum absolute atomic E-state index is 9.06. The maximum atomic E-state index is 9.06. The molecule has 0 spiro atoms. The van der Waals surface area contributed by atoms with Crippen LogP contribution in [-0.2, 0) is 6.54 Å². The van der Waals surface area contributed by atoms with Crippen LogP contribution in [0.5, 0.6) is 5.75 Å². The summed E-state index contributed by atoms with van der Waals surface area (Å²) in [5.41, 5.74) is 1.93. The summed E-state index contributed by atoms with van der Waals surface area (Å²) < 4.78 is 7.05. The predicted molar refractivity (Wildman–Crippen MR) is 90.4 cm³/mol. The van der Waals surface area contributed by atoms with E-state index in [0.29, 0.717) is 6.61 Å². The van der Waals surface area contributed by atoms with E-state index >= 15 is 0 Å². The van der Waals surface area contributed by atoms with Crippen molar-refractivity contribution in [1.29, 1.82) is 5.26 Å². The van der Waals surface area contributed by atoms with E-state index in [1.165, 1.54) is 0 Å². The zero-order valence-electron chi connectivity index (χ0n) is 13.4. The van der Waals surface area contributed by atoms with E-state index in [4.69, 9.17) is 10.00 Å². The first-order chi connectivity index (χ1) is 9.89. The van der Waals surface area contributed by atoms with Gasteiger partial charge in [0.2, 0.25) is 0 Å². The minimum Gasteiger partial charge on any atom is -0.493 e. The predicted octanol–water partition coefficient (Wildman–Crippen LogP) is 4.58. The fourth-order valence-electron chi connectivity index (χ4n) is 2.00. The summed E-state index contributed by atoms with van der Waals surface area (Å²) in [6, 6.07) is 6.47. The van der Waals surface area contributed by atoms with Gasteiger partial charge in [0.25, 0.3) is 0 Å². The van der Waals surface area contributed by atoms with E-state index in [0.717, 1.165) is 47.3 Å². The van der Waals surface area contributed by atoms with Crippen LogP contribution in [0.25, 0.3) is 0 Å². The first-order valence-corrected chi connectivity index (χ1v) is 8.22. The Hall–Kier alpha value is -1.05. The molecular formula is C17H25BrN2O. The average Bonchev–Trinajstić information content (AvgIpc) is 2.41. The summed E-state index contributed by atoms with van der Waals surface area (Å²) in [7, 11) is 0. The van der Waals surface area contributed by atoms with E-state index in [1.807, 2.05) is 13.8 Å². The molecule has 1 rings (SSSR count). The molecule has 3 nitrogen and oxygen atoms in total. The normalized spacial score (nSPS) is 11.2. The fraction of sp³-hybridized carbons (Fsp3) is 0.588. The Labute approximate surface area is 136 Å². The lowest BCUT2D eigenvalue weighted by molar-refractivity contribution is 0.260. The Morgan fingerprint density at radius 1 is 1.38 bits per heavy atom. The van der Waals surface area contributed by atoms with E-state index in [-0.39, 0.29) is 5.41 Å². The Morgan fingerprint density at radius 2 is 2.10 bits per heavy atom. The zero-order chi connectivity index (χ0) is 15.9. The van der Waals surface area contributed by atoms with Crippen LogP contribution < -0.4 is 10.1 Å². The van der Waals surface area contributed by atoms with Gasteiger partial charge in [-0.05, 0) is 57.9 Å². The summed E-state index contributed by atoms with van der Waals surface area (Å²) in [4.78, 5) is 0. The number of benzene rings is 1. The van der Waals surface area contributed by atoms with E-state index in [9.17, 15) is 0 Å². The number of halogens is 1. The number of ether oxygens (including phenoxy) is 1. The summed E-state index contributed by atoms with van der Waals surface area (Å²) in [6.45, 7) is 10.4. The van der Waals surface area contributed by atoms with Gasteiger partial charge in [-0.2, -0.15) is 5.26 Å². The molecule has 0 aromatic heterocycles. The summed E-state index contributed by atoms with van der Waals surface area (Å²) in [5.74, 6) is 0.940. The lowest BCUT2D eigenvalue weighted by Crippen LogP contribution is -2.17. The number of nitrogens with one attached hydrogen (secondary N) is 1. The van der Waals surface area contributed by atoms with Crippen LogP contribution in [0.1, 0.15) is 44.7 Å². The van der Waals surface area contributed by atoms with Gasteiger partial charge >= 0.3 is 0 Å². The Balaban J connectivity index is 2.77. The molecule has 0 amide bonds. The van der Waals surface area contributed by atoms with Crippen molar-refractivity contribution in [3.05, 3.63) is 27.7 Å². The highest BCUT2D eigenvalue weighted by Gasteiger charge is 2.17. The summed E-state index contributed by atoms with van der Waals surface area (Å²) in [5, 5.41) is 12.5. The topological polar surface area (TPSA) is 45.0 Å². The quantitative estimate of drug-likeness (QED) is 0.696. The molecule has 1 N–H and O–H groups in total. The Morgan fingerprint density at radius 3 is 2.71 bits per heavy atom. The third-order valence-electron chi connectivity index (χ3n) is 3.33. The maximum Gasteiger partial charge on any atom is 0.126 e. The van der Waals surface area contributed by atoms with Gasteiger partial charge in [-0.15, -0.1) is 0 Å². The van der Waals surface area contributed by atoms with Crippen molar-refractivity contribution < 1.29 is 4.74 Å². The first kappa shape index (κ1) is 18.0. The van der Waals surface area contributed by atoms with Gasteiger partial charge in [-0.3, -0.25) is 0 Å². The Kier molecular flexibility index (Phi) is 7.21. The second kappa shape index (κ2) is 8.41. The monoisotopic (exact) mass is 352 g/mol. The standard InChI is InChI=1S/C17H25BrN2O/c1-5-7-20-11-14-10-15(18)9-13(2)16(14)21-8-6-17(3,4)12-19/h9-10,20H,5-8,11H2,1-4H3. The van der Waals surface area contributed by atoms with Gasteiger partial charge < -0.3 is 10.1 Å². The van der Waals surface area contributed by atoms with Gasteiger partial charge in [-0.25, -0.2) is 0 Å². The molecule has 0 unspecified atom stereocenters. The fourth-order valence-corrected chi connectivity index (χ4v) is 2.62. The second-order valence-corrected chi connectivity index (χ2v) is 6.90. The largest absolute Gasteiger partial charge is 0.493 e. The van der Waals surface area contributed by atoms with Crippen LogP contribution in [0.15, 0.2) is 16.6 Å². The molecule has 4 heteroatoms. The number of hydrogen-bond acceptors (Lipinski definition) is 3. The molecule has 21 heavy (non-hydrogen) atoms. The molecule has 0 atom stereocenters. The van der Waals surface area contributed by atoms with E-state index in [1.54, 1.807) is 0 Å². The lowest BCUT2D eigenvalue weighted by atomic mass is 9.92. The Bertz CT molecular complexity index is 506. The number of hydrogen-bond donors (Lipinski definition) is 1. The smallest absolute Gasteiger partial charge is 0.126 e. The molecule has 0 bridgehead atoms. The van der Waals surface area contributed by atoms with Crippen molar-refractivity contribution in [1.82, 2.24) is 5.32 Å². The highest BCUT2D eigenvalue weighted by atomic mass is 79.9. The van der Waals surface area contributed by atoms with Crippen molar-refractivity contribution in [3.8, 4) is 11.8 Å². The third kappa shape index (κ3) is 6.07. The molecule has 0 fully saturated rings. The molecule has 1 aromatic carbocycles. The van der Waals surface area contributed by atoms with Gasteiger partial charge in [0.05, 0.1) is 18.1 Å². The highest BCUT2D eigenvalue weighted by molar-refractivity contribution is 9.10. The van der Waals surface area contributed by atoms with Crippen molar-refractivity contribution in [2.45, 2.75) is 47.1 Å². The molecule has 0 saturated heterocycles. The molecule has 0 aliphatic carbocycles. The van der Waals surface area contributed by atoms with Crippen molar-refractivity contribution in [3.63, 3.8) is 0 Å². The third-order valence-corrected chi connectivity index (χ3v) is 3.79. The van der Waals surface area contributed by atoms with E-state index in [2.05, 4.69) is 53.3 Å². The molecule has 0 saturated carbocycles. The lowest BCUT2D eigenvalue weighted by Gasteiger charge is -2.19. The molecule has 0 radical (unpaired) electrons. The SMILES string of the molecule is CCCNCc1cc(Br)cc(C)c1OCCC(C)(C)C#N. The van der Waals surface area contributed by atoms with Gasteiger partial charge in [0.1, 0.15) is 5.75 Å². The van der Waals surface area contributed by atoms with Crippen molar-refractivity contribution >= 4 is 15.9 Å². The number of nitrogens with zero attached hydrogens (tertiary/aromatic N) is 1. The molecule has 0 aliphatic rings. The van der Waals surface area contributed by atoms with Crippen LogP contribution in [0.4, 0.5) is 0 Å². The van der Waals surface area contributed by atoms with Crippen LogP contribution in [0.2, 0.25) is 0 Å². The number of nitriles is 1. The molecule has 116 valence electrons. The number of rotatable bonds is 8. The van der Waals surface area contributed by atoms with Crippen molar-refractivity contribution in [2.75, 3.05) is 13.2 Å². The van der Waals surface area contributed by atoms with Gasteiger partial charge in [0.15, 0.2) is 0 Å². The first-order valence-electron chi connectivity index (χ1n) is 7.43. The minimum absolute atomic E-state index is 0.343. The molecule has 0 heterocycles. The van der Waals surface area contributed by atoms with Crippen LogP contribution in [0.3, 0.4) is 0 Å². The second-order valence-electron chi connectivity index (χ2n) is 5.98. The molecular weight excluding hydrogens is 328 g/mol. The van der Waals surface area contributed by atoms with Crippen LogP contribution in [-0.4, -0.2) is 13.2 Å². The van der Waals surface area contributed by atoms with Gasteiger partial charge in [-0.1, -0.05) is 22.9 Å². The van der Waals surface area contributed by atoms with E-state index < -0.39 is 0 Å². The summed E-state index contributed by atoms with van der Waals surface area (Å²) >= 11 is 3.54.